The zero-order chi connectivity index (χ0) is 16.9. The van der Waals surface area contributed by atoms with Gasteiger partial charge in [-0.25, -0.2) is 0 Å². The molecular formula is C18H26N2O3S. The minimum atomic E-state index is -0.103. The second kappa shape index (κ2) is 8.12. The SMILES string of the molecule is COCC(=O)N1CCC[C@@H](C(=O)NCc2csc3c2CCCC3)C1. The summed E-state index contributed by atoms with van der Waals surface area (Å²) in [6.45, 7) is 1.95. The lowest BCUT2D eigenvalue weighted by atomic mass is 9.95. The van der Waals surface area contributed by atoms with E-state index in [0.29, 0.717) is 13.1 Å². The van der Waals surface area contributed by atoms with Crippen molar-refractivity contribution in [3.8, 4) is 0 Å². The molecule has 1 atom stereocenters. The molecule has 1 aliphatic heterocycles. The summed E-state index contributed by atoms with van der Waals surface area (Å²) < 4.78 is 4.91. The molecule has 1 aromatic heterocycles. The fourth-order valence-corrected chi connectivity index (χ4v) is 4.82. The Kier molecular flexibility index (Phi) is 5.89. The number of hydrogen-bond donors (Lipinski definition) is 1. The predicted octanol–water partition coefficient (Wildman–Crippen LogP) is 2.13. The van der Waals surface area contributed by atoms with Crippen molar-refractivity contribution in [1.29, 1.82) is 0 Å². The smallest absolute Gasteiger partial charge is 0.248 e. The van der Waals surface area contributed by atoms with E-state index < -0.39 is 0 Å². The molecular weight excluding hydrogens is 324 g/mol. The Bertz CT molecular complexity index is 599. The second-order valence-corrected chi connectivity index (χ2v) is 7.66. The molecule has 0 bridgehead atoms. The van der Waals surface area contributed by atoms with Gasteiger partial charge in [0.2, 0.25) is 11.8 Å². The van der Waals surface area contributed by atoms with Gasteiger partial charge in [0.15, 0.2) is 0 Å². The molecule has 24 heavy (non-hydrogen) atoms. The maximum absolute atomic E-state index is 12.5. The van der Waals surface area contributed by atoms with E-state index in [0.717, 1.165) is 25.8 Å². The van der Waals surface area contributed by atoms with Crippen LogP contribution in [0.15, 0.2) is 5.38 Å². The van der Waals surface area contributed by atoms with E-state index in [-0.39, 0.29) is 24.3 Å². The molecule has 0 radical (unpaired) electrons. The Morgan fingerprint density at radius 3 is 3.00 bits per heavy atom. The van der Waals surface area contributed by atoms with Crippen LogP contribution >= 0.6 is 11.3 Å². The monoisotopic (exact) mass is 350 g/mol. The molecule has 0 saturated carbocycles. The Balaban J connectivity index is 1.53. The quantitative estimate of drug-likeness (QED) is 0.885. The normalized spacial score (nSPS) is 20.5. The van der Waals surface area contributed by atoms with Gasteiger partial charge < -0.3 is 15.0 Å². The lowest BCUT2D eigenvalue weighted by Crippen LogP contribution is -2.46. The van der Waals surface area contributed by atoms with Gasteiger partial charge in [-0.3, -0.25) is 9.59 Å². The van der Waals surface area contributed by atoms with Crippen molar-refractivity contribution in [2.45, 2.75) is 45.1 Å². The van der Waals surface area contributed by atoms with Gasteiger partial charge in [0.25, 0.3) is 0 Å². The first-order valence-electron chi connectivity index (χ1n) is 8.81. The number of aryl methyl sites for hydroxylation is 1. The predicted molar refractivity (Wildman–Crippen MR) is 94.0 cm³/mol. The highest BCUT2D eigenvalue weighted by Crippen LogP contribution is 2.30. The van der Waals surface area contributed by atoms with E-state index in [9.17, 15) is 9.59 Å². The number of ether oxygens (including phenoxy) is 1. The van der Waals surface area contributed by atoms with Gasteiger partial charge in [-0.05, 0) is 55.0 Å². The zero-order valence-corrected chi connectivity index (χ0v) is 15.1. The van der Waals surface area contributed by atoms with Crippen molar-refractivity contribution < 1.29 is 14.3 Å². The molecule has 1 aliphatic carbocycles. The number of fused-ring (bicyclic) bond motifs is 1. The maximum Gasteiger partial charge on any atom is 0.248 e. The first-order chi connectivity index (χ1) is 11.7. The molecule has 6 heteroatoms. The number of methoxy groups -OCH3 is 1. The summed E-state index contributed by atoms with van der Waals surface area (Å²) in [6.07, 6.45) is 6.60. The minimum Gasteiger partial charge on any atom is -0.375 e. The van der Waals surface area contributed by atoms with E-state index in [4.69, 9.17) is 4.74 Å². The van der Waals surface area contributed by atoms with E-state index in [1.165, 1.54) is 42.4 Å². The van der Waals surface area contributed by atoms with Crippen LogP contribution in [0.25, 0.3) is 0 Å². The van der Waals surface area contributed by atoms with E-state index in [1.807, 2.05) is 11.3 Å². The number of rotatable bonds is 5. The summed E-state index contributed by atoms with van der Waals surface area (Å²) in [6, 6.07) is 0. The highest BCUT2D eigenvalue weighted by Gasteiger charge is 2.28. The van der Waals surface area contributed by atoms with Crippen LogP contribution in [-0.2, 0) is 33.7 Å². The van der Waals surface area contributed by atoms with Gasteiger partial charge in [0.1, 0.15) is 6.61 Å². The molecule has 2 amide bonds. The number of nitrogens with one attached hydrogen (secondary N) is 1. The Hall–Kier alpha value is -1.40. The highest BCUT2D eigenvalue weighted by atomic mass is 32.1. The van der Waals surface area contributed by atoms with Crippen LogP contribution in [0.3, 0.4) is 0 Å². The van der Waals surface area contributed by atoms with Crippen molar-refractivity contribution in [1.82, 2.24) is 10.2 Å². The highest BCUT2D eigenvalue weighted by molar-refractivity contribution is 7.10. The molecule has 2 aliphatic rings. The second-order valence-electron chi connectivity index (χ2n) is 6.70. The van der Waals surface area contributed by atoms with Crippen LogP contribution < -0.4 is 5.32 Å². The average Bonchev–Trinajstić information content (AvgIpc) is 3.03. The van der Waals surface area contributed by atoms with E-state index in [1.54, 1.807) is 4.90 Å². The van der Waals surface area contributed by atoms with Crippen LogP contribution in [0.2, 0.25) is 0 Å². The third-order valence-corrected chi connectivity index (χ3v) is 6.15. The molecule has 1 N–H and O–H groups in total. The number of thiophene rings is 1. The number of amides is 2. The molecule has 1 saturated heterocycles. The molecule has 1 aromatic rings. The first kappa shape index (κ1) is 17.4. The van der Waals surface area contributed by atoms with Crippen LogP contribution in [0, 0.1) is 5.92 Å². The lowest BCUT2D eigenvalue weighted by molar-refractivity contribution is -0.139. The molecule has 2 heterocycles. The summed E-state index contributed by atoms with van der Waals surface area (Å²) in [5.41, 5.74) is 2.75. The Morgan fingerprint density at radius 2 is 2.17 bits per heavy atom. The molecule has 5 nitrogen and oxygen atoms in total. The molecule has 3 rings (SSSR count). The van der Waals surface area contributed by atoms with Crippen LogP contribution in [0.1, 0.15) is 41.7 Å². The summed E-state index contributed by atoms with van der Waals surface area (Å²) in [4.78, 5) is 27.7. The average molecular weight is 350 g/mol. The van der Waals surface area contributed by atoms with Crippen molar-refractivity contribution in [2.75, 3.05) is 26.8 Å². The van der Waals surface area contributed by atoms with Crippen molar-refractivity contribution >= 4 is 23.2 Å². The van der Waals surface area contributed by atoms with Gasteiger partial charge in [0, 0.05) is 31.6 Å². The molecule has 1 fully saturated rings. The summed E-state index contributed by atoms with van der Waals surface area (Å²) in [5.74, 6) is -0.0587. The first-order valence-corrected chi connectivity index (χ1v) is 9.69. The van der Waals surface area contributed by atoms with Gasteiger partial charge in [-0.2, -0.15) is 0 Å². The Morgan fingerprint density at radius 1 is 1.33 bits per heavy atom. The van der Waals surface area contributed by atoms with E-state index in [2.05, 4.69) is 10.7 Å². The maximum atomic E-state index is 12.5. The lowest BCUT2D eigenvalue weighted by Gasteiger charge is -2.32. The van der Waals surface area contributed by atoms with Crippen LogP contribution in [-0.4, -0.2) is 43.5 Å². The molecule has 0 unspecified atom stereocenters. The fourth-order valence-electron chi connectivity index (χ4n) is 3.67. The molecule has 0 aromatic carbocycles. The standard InChI is InChI=1S/C18H26N2O3S/c1-23-11-17(21)20-8-4-5-13(10-20)18(22)19-9-14-12-24-16-7-3-2-6-15(14)16/h12-13H,2-11H2,1H3,(H,19,22)/t13-/m1/s1. The topological polar surface area (TPSA) is 58.6 Å². The third-order valence-electron chi connectivity index (χ3n) is 5.01. The van der Waals surface area contributed by atoms with Gasteiger partial charge in [-0.15, -0.1) is 11.3 Å². The third kappa shape index (κ3) is 3.98. The summed E-state index contributed by atoms with van der Waals surface area (Å²) in [5, 5.41) is 5.29. The number of nitrogens with zero attached hydrogens (tertiary/aromatic N) is 1. The van der Waals surface area contributed by atoms with Gasteiger partial charge >= 0.3 is 0 Å². The number of piperidine rings is 1. The van der Waals surface area contributed by atoms with Crippen molar-refractivity contribution in [3.63, 3.8) is 0 Å². The van der Waals surface area contributed by atoms with Gasteiger partial charge in [-0.1, -0.05) is 0 Å². The van der Waals surface area contributed by atoms with E-state index >= 15 is 0 Å². The van der Waals surface area contributed by atoms with Crippen molar-refractivity contribution in [3.05, 3.63) is 21.4 Å². The summed E-state index contributed by atoms with van der Waals surface area (Å²) in [7, 11) is 1.52. The van der Waals surface area contributed by atoms with Crippen LogP contribution in [0.4, 0.5) is 0 Å². The zero-order valence-electron chi connectivity index (χ0n) is 14.3. The fraction of sp³-hybridized carbons (Fsp3) is 0.667. The molecule has 0 spiro atoms. The van der Waals surface area contributed by atoms with Crippen LogP contribution in [0.5, 0.6) is 0 Å². The number of likely N-dealkylation sites (tertiary alicyclic amines) is 1. The number of hydrogen-bond acceptors (Lipinski definition) is 4. The number of carbonyl (C=O) groups excluding carboxylic acids is 2. The minimum absolute atomic E-state index is 0.0260. The van der Waals surface area contributed by atoms with Gasteiger partial charge in [0.05, 0.1) is 5.92 Å². The largest absolute Gasteiger partial charge is 0.375 e. The summed E-state index contributed by atoms with van der Waals surface area (Å²) >= 11 is 1.83. The molecule has 132 valence electrons. The Labute approximate surface area is 147 Å². The van der Waals surface area contributed by atoms with Crippen molar-refractivity contribution in [2.24, 2.45) is 5.92 Å². The number of carbonyl (C=O) groups is 2.